The molecule has 182 valence electrons. The van der Waals surface area contributed by atoms with Gasteiger partial charge in [0.2, 0.25) is 0 Å². The fraction of sp³-hybridized carbons (Fsp3) is 0.207. The number of aromatic amines is 2. The van der Waals surface area contributed by atoms with Crippen molar-refractivity contribution < 1.29 is 0 Å². The van der Waals surface area contributed by atoms with Gasteiger partial charge >= 0.3 is 0 Å². The average molecular weight is 487 g/mol. The summed E-state index contributed by atoms with van der Waals surface area (Å²) in [4.78, 5) is 32.2. The van der Waals surface area contributed by atoms with Crippen LogP contribution in [0.4, 0.5) is 0 Å². The van der Waals surface area contributed by atoms with Crippen LogP contribution >= 0.6 is 0 Å². The Morgan fingerprint density at radius 2 is 1.68 bits per heavy atom. The Bertz CT molecular complexity index is 1700. The molecule has 0 aromatic carbocycles. The number of pyridine rings is 4. The Morgan fingerprint density at radius 3 is 2.57 bits per heavy atom. The van der Waals surface area contributed by atoms with Gasteiger partial charge in [-0.3, -0.25) is 19.9 Å². The molecule has 0 bridgehead atoms. The van der Waals surface area contributed by atoms with Crippen molar-refractivity contribution in [3.63, 3.8) is 0 Å². The van der Waals surface area contributed by atoms with Crippen molar-refractivity contribution in [1.29, 1.82) is 0 Å². The molecule has 1 aliphatic heterocycles. The lowest BCUT2D eigenvalue weighted by atomic mass is 10.0. The topological polar surface area (TPSA) is 99.3 Å². The summed E-state index contributed by atoms with van der Waals surface area (Å²) in [5, 5.41) is 1.01. The van der Waals surface area contributed by atoms with E-state index in [-0.39, 0.29) is 0 Å². The van der Waals surface area contributed by atoms with Crippen LogP contribution in [0.5, 0.6) is 0 Å². The fourth-order valence-corrected chi connectivity index (χ4v) is 5.26. The van der Waals surface area contributed by atoms with Crippen molar-refractivity contribution in [2.45, 2.75) is 25.8 Å². The molecule has 2 N–H and O–H groups in total. The lowest BCUT2D eigenvalue weighted by molar-refractivity contribution is 0.220. The standard InChI is InChI=1S/C29H26N8/c1-2-7-37(8-3-1)18-19-9-21(13-31-11-19)22-10-23-25(16-34-28(23)33-14-22)29-35-26-17-32-15-24(27(26)36-29)20-5-4-6-30-12-20/h4-6,9-17H,1-3,7-8,18H2,(H,33,34)(H,35,36). The number of imidazole rings is 1. The first kappa shape index (κ1) is 21.8. The van der Waals surface area contributed by atoms with Crippen LogP contribution in [0.15, 0.2) is 73.8 Å². The van der Waals surface area contributed by atoms with Crippen LogP contribution in [-0.2, 0) is 6.54 Å². The zero-order chi connectivity index (χ0) is 24.6. The van der Waals surface area contributed by atoms with E-state index in [1.807, 2.05) is 55.5 Å². The van der Waals surface area contributed by atoms with E-state index in [0.29, 0.717) is 0 Å². The summed E-state index contributed by atoms with van der Waals surface area (Å²) < 4.78 is 0. The Labute approximate surface area is 213 Å². The molecule has 37 heavy (non-hydrogen) atoms. The molecular formula is C29H26N8. The molecule has 6 aromatic heterocycles. The van der Waals surface area contributed by atoms with Gasteiger partial charge in [0.1, 0.15) is 11.5 Å². The van der Waals surface area contributed by atoms with Crippen molar-refractivity contribution in [3.8, 4) is 33.6 Å². The van der Waals surface area contributed by atoms with Crippen LogP contribution in [0.25, 0.3) is 55.7 Å². The maximum atomic E-state index is 4.97. The molecule has 7 heterocycles. The van der Waals surface area contributed by atoms with Crippen LogP contribution in [0.2, 0.25) is 0 Å². The number of likely N-dealkylation sites (tertiary alicyclic amines) is 1. The number of hydrogen-bond donors (Lipinski definition) is 2. The maximum Gasteiger partial charge on any atom is 0.140 e. The second-order valence-electron chi connectivity index (χ2n) is 9.65. The molecule has 1 saturated heterocycles. The van der Waals surface area contributed by atoms with Crippen molar-refractivity contribution in [2.24, 2.45) is 0 Å². The van der Waals surface area contributed by atoms with E-state index in [9.17, 15) is 0 Å². The molecule has 8 heteroatoms. The molecule has 6 aromatic rings. The molecule has 8 nitrogen and oxygen atoms in total. The molecule has 7 rings (SSSR count). The molecule has 0 unspecified atom stereocenters. The normalized spacial score (nSPS) is 14.5. The molecule has 1 fully saturated rings. The number of H-pyrrole nitrogens is 2. The van der Waals surface area contributed by atoms with Crippen LogP contribution in [-0.4, -0.2) is 52.9 Å². The first-order valence-electron chi connectivity index (χ1n) is 12.7. The monoisotopic (exact) mass is 486 g/mol. The quantitative estimate of drug-likeness (QED) is 0.329. The van der Waals surface area contributed by atoms with Gasteiger partial charge in [0.15, 0.2) is 0 Å². The summed E-state index contributed by atoms with van der Waals surface area (Å²) >= 11 is 0. The van der Waals surface area contributed by atoms with Gasteiger partial charge in [-0.1, -0.05) is 12.5 Å². The molecule has 0 atom stereocenters. The minimum Gasteiger partial charge on any atom is -0.345 e. The number of piperidine rings is 1. The van der Waals surface area contributed by atoms with E-state index in [1.54, 1.807) is 6.20 Å². The number of aromatic nitrogens is 7. The number of nitrogens with one attached hydrogen (secondary N) is 2. The number of rotatable bonds is 5. The summed E-state index contributed by atoms with van der Waals surface area (Å²) in [7, 11) is 0. The first-order valence-corrected chi connectivity index (χ1v) is 12.7. The first-order chi connectivity index (χ1) is 18.3. The fourth-order valence-electron chi connectivity index (χ4n) is 5.26. The van der Waals surface area contributed by atoms with Gasteiger partial charge in [0, 0.05) is 83.1 Å². The highest BCUT2D eigenvalue weighted by molar-refractivity contribution is 5.98. The molecule has 0 spiro atoms. The lowest BCUT2D eigenvalue weighted by Gasteiger charge is -2.26. The molecule has 0 saturated carbocycles. The van der Waals surface area contributed by atoms with E-state index in [2.05, 4.69) is 42.0 Å². The minimum atomic E-state index is 0.773. The van der Waals surface area contributed by atoms with E-state index in [4.69, 9.17) is 9.97 Å². The lowest BCUT2D eigenvalue weighted by Crippen LogP contribution is -2.29. The summed E-state index contributed by atoms with van der Waals surface area (Å²) in [6.07, 6.45) is 18.9. The van der Waals surface area contributed by atoms with Crippen LogP contribution in [0.1, 0.15) is 24.8 Å². The van der Waals surface area contributed by atoms with Crippen molar-refractivity contribution in [3.05, 3.63) is 79.4 Å². The Kier molecular flexibility index (Phi) is 5.44. The average Bonchev–Trinajstić information content (AvgIpc) is 3.58. The smallest absolute Gasteiger partial charge is 0.140 e. The predicted octanol–water partition coefficient (Wildman–Crippen LogP) is 5.61. The predicted molar refractivity (Wildman–Crippen MR) is 145 cm³/mol. The van der Waals surface area contributed by atoms with Gasteiger partial charge < -0.3 is 9.97 Å². The van der Waals surface area contributed by atoms with Gasteiger partial charge in [-0.2, -0.15) is 0 Å². The van der Waals surface area contributed by atoms with Gasteiger partial charge in [-0.25, -0.2) is 9.97 Å². The second-order valence-corrected chi connectivity index (χ2v) is 9.65. The van der Waals surface area contributed by atoms with Crippen LogP contribution < -0.4 is 0 Å². The zero-order valence-corrected chi connectivity index (χ0v) is 20.4. The summed E-state index contributed by atoms with van der Waals surface area (Å²) in [6, 6.07) is 8.35. The summed E-state index contributed by atoms with van der Waals surface area (Å²) in [6.45, 7) is 3.28. The van der Waals surface area contributed by atoms with Crippen LogP contribution in [0, 0.1) is 0 Å². The molecule has 0 aliphatic carbocycles. The van der Waals surface area contributed by atoms with Gasteiger partial charge in [-0.15, -0.1) is 0 Å². The molecule has 0 amide bonds. The largest absolute Gasteiger partial charge is 0.345 e. The van der Waals surface area contributed by atoms with E-state index in [1.165, 1.54) is 37.9 Å². The van der Waals surface area contributed by atoms with E-state index < -0.39 is 0 Å². The third-order valence-corrected chi connectivity index (χ3v) is 7.14. The third kappa shape index (κ3) is 4.15. The highest BCUT2D eigenvalue weighted by Crippen LogP contribution is 2.33. The van der Waals surface area contributed by atoms with Gasteiger partial charge in [-0.05, 0) is 49.7 Å². The van der Waals surface area contributed by atoms with Crippen molar-refractivity contribution in [1.82, 2.24) is 39.8 Å². The molecule has 0 radical (unpaired) electrons. The highest BCUT2D eigenvalue weighted by atomic mass is 15.1. The Hall–Kier alpha value is -4.43. The second kappa shape index (κ2) is 9.22. The van der Waals surface area contributed by atoms with E-state index >= 15 is 0 Å². The summed E-state index contributed by atoms with van der Waals surface area (Å²) in [5.74, 6) is 0.773. The number of hydrogen-bond acceptors (Lipinski definition) is 6. The Balaban J connectivity index is 1.26. The zero-order valence-electron chi connectivity index (χ0n) is 20.4. The van der Waals surface area contributed by atoms with Crippen molar-refractivity contribution in [2.75, 3.05) is 13.1 Å². The van der Waals surface area contributed by atoms with Gasteiger partial charge in [0.05, 0.1) is 17.2 Å². The SMILES string of the molecule is c1cncc(-c2cncc3[nH]c(-c4c[nH]c5ncc(-c6cncc(CN7CCCCC7)c6)cc45)nc23)c1. The third-order valence-electron chi connectivity index (χ3n) is 7.14. The molecular weight excluding hydrogens is 460 g/mol. The van der Waals surface area contributed by atoms with Gasteiger partial charge in [0.25, 0.3) is 0 Å². The Morgan fingerprint density at radius 1 is 0.811 bits per heavy atom. The molecule has 1 aliphatic rings. The number of nitrogens with zero attached hydrogens (tertiary/aromatic N) is 6. The summed E-state index contributed by atoms with van der Waals surface area (Å²) in [5.41, 5.74) is 8.81. The minimum absolute atomic E-state index is 0.773. The maximum absolute atomic E-state index is 4.97. The van der Waals surface area contributed by atoms with E-state index in [0.717, 1.165) is 62.3 Å². The van der Waals surface area contributed by atoms with Crippen molar-refractivity contribution >= 4 is 22.1 Å². The van der Waals surface area contributed by atoms with Crippen LogP contribution in [0.3, 0.4) is 0 Å². The highest BCUT2D eigenvalue weighted by Gasteiger charge is 2.16. The number of fused-ring (bicyclic) bond motifs is 2.